The lowest BCUT2D eigenvalue weighted by Crippen LogP contribution is -2.37. The van der Waals surface area contributed by atoms with E-state index in [1.165, 1.54) is 130 Å². The zero-order valence-electron chi connectivity index (χ0n) is 38.5. The van der Waals surface area contributed by atoms with E-state index < -0.39 is 0 Å². The monoisotopic (exact) mass is 888 g/mol. The van der Waals surface area contributed by atoms with E-state index in [2.05, 4.69) is 192 Å². The molecule has 3 nitrogen and oxygen atoms in total. The van der Waals surface area contributed by atoms with E-state index in [1.54, 1.807) is 0 Å². The van der Waals surface area contributed by atoms with Crippen LogP contribution in [0.25, 0.3) is 101 Å². The number of thiophene rings is 2. The van der Waals surface area contributed by atoms with Crippen LogP contribution in [0.15, 0.2) is 138 Å². The van der Waals surface area contributed by atoms with Crippen molar-refractivity contribution in [1.82, 2.24) is 4.57 Å². The maximum Gasteiger partial charge on any atom is 0.198 e. The van der Waals surface area contributed by atoms with Crippen LogP contribution in [0.3, 0.4) is 0 Å². The van der Waals surface area contributed by atoms with Gasteiger partial charge >= 0.3 is 0 Å². The van der Waals surface area contributed by atoms with Crippen molar-refractivity contribution in [3.05, 3.63) is 150 Å². The van der Waals surface area contributed by atoms with Gasteiger partial charge in [-0.3, -0.25) is 0 Å². The zero-order chi connectivity index (χ0) is 44.6. The van der Waals surface area contributed by atoms with E-state index in [0.29, 0.717) is 0 Å². The number of hydrogen-bond acceptors (Lipinski definition) is 4. The van der Waals surface area contributed by atoms with Crippen LogP contribution in [0.1, 0.15) is 78.0 Å². The summed E-state index contributed by atoms with van der Waals surface area (Å²) in [6.45, 7) is 16.5. The second-order valence-electron chi connectivity index (χ2n) is 21.6. The highest BCUT2D eigenvalue weighted by atomic mass is 32.1. The summed E-state index contributed by atoms with van der Waals surface area (Å²) in [5.41, 5.74) is 17.5. The van der Waals surface area contributed by atoms with Gasteiger partial charge in [0, 0.05) is 85.0 Å². The van der Waals surface area contributed by atoms with Gasteiger partial charge in [-0.05, 0) is 123 Å². The number of furan rings is 1. The van der Waals surface area contributed by atoms with Crippen LogP contribution in [-0.4, -0.2) is 11.8 Å². The van der Waals surface area contributed by atoms with Gasteiger partial charge in [-0.2, -0.15) is 0 Å². The van der Waals surface area contributed by atoms with Crippen LogP contribution >= 0.6 is 22.7 Å². The topological polar surface area (TPSA) is 30.1 Å². The minimum absolute atomic E-state index is 0.0646. The van der Waals surface area contributed by atoms with Gasteiger partial charge in [0.25, 0.3) is 0 Å². The Kier molecular flexibility index (Phi) is 7.77. The fraction of sp³-hybridized carbons (Fsp3) is 0.200. The number of nitrogens with zero attached hydrogens (tertiary/aromatic N) is 1. The second-order valence-corrected chi connectivity index (χ2v) is 23.8. The summed E-state index contributed by atoms with van der Waals surface area (Å²) < 4.78 is 14.9. The van der Waals surface area contributed by atoms with Crippen LogP contribution in [0.5, 0.6) is 0 Å². The Hall–Kier alpha value is -6.34. The van der Waals surface area contributed by atoms with Crippen molar-refractivity contribution in [1.29, 1.82) is 0 Å². The lowest BCUT2D eigenvalue weighted by atomic mass is 9.59. The number of benzene rings is 8. The summed E-state index contributed by atoms with van der Waals surface area (Å²) in [6.07, 6.45) is 2.33. The van der Waals surface area contributed by atoms with E-state index >= 15 is 0 Å². The Balaban J connectivity index is 1.07. The molecule has 1 aliphatic carbocycles. The molecule has 0 saturated heterocycles. The highest BCUT2D eigenvalue weighted by Crippen LogP contribution is 2.50. The third kappa shape index (κ3) is 5.49. The average Bonchev–Trinajstić information content (AvgIpc) is 4.05. The van der Waals surface area contributed by atoms with Gasteiger partial charge in [0.15, 0.2) is 7.28 Å². The lowest BCUT2D eigenvalue weighted by Gasteiger charge is -2.41. The van der Waals surface area contributed by atoms with E-state index in [9.17, 15) is 0 Å². The molecule has 0 radical (unpaired) electrons. The quantitative estimate of drug-likeness (QED) is 0.179. The summed E-state index contributed by atoms with van der Waals surface area (Å²) in [5.74, 6) is 0. The first kappa shape index (κ1) is 38.9. The average molecular weight is 889 g/mol. The molecule has 0 amide bonds. The maximum atomic E-state index is 6.94. The minimum Gasteiger partial charge on any atom is -0.456 e. The van der Waals surface area contributed by atoms with Crippen molar-refractivity contribution in [2.24, 2.45) is 0 Å². The van der Waals surface area contributed by atoms with Crippen LogP contribution < -0.4 is 16.2 Å². The van der Waals surface area contributed by atoms with E-state index in [4.69, 9.17) is 4.42 Å². The van der Waals surface area contributed by atoms with E-state index in [0.717, 1.165) is 29.8 Å². The minimum atomic E-state index is 0.0646. The Morgan fingerprint density at radius 3 is 1.91 bits per heavy atom. The first-order valence-electron chi connectivity index (χ1n) is 23.6. The van der Waals surface area contributed by atoms with Crippen LogP contribution in [0.4, 0.5) is 11.4 Å². The summed E-state index contributed by atoms with van der Waals surface area (Å²) in [4.78, 5) is 0. The molecule has 320 valence electrons. The van der Waals surface area contributed by atoms with Crippen molar-refractivity contribution in [3.63, 3.8) is 0 Å². The van der Waals surface area contributed by atoms with Crippen LogP contribution in [-0.2, 0) is 16.2 Å². The van der Waals surface area contributed by atoms with Gasteiger partial charge in [-0.1, -0.05) is 121 Å². The van der Waals surface area contributed by atoms with Crippen LogP contribution in [0, 0.1) is 0 Å². The predicted molar refractivity (Wildman–Crippen MR) is 289 cm³/mol. The molecule has 4 aromatic heterocycles. The standard InChI is InChI=1S/C60H49BN2OS2/c1-58(2,3)32-16-18-33(19-17-32)62-47-29-51-40(41-26-44-45(28-50(41)64-51)60(6,7)23-22-59(44,4)5)24-38(47)36-20-21-37-39-25-42-34-12-8-10-14-52(34)65-54(42)30-48(39)63-49-31-55-43(27-46(49)61-56(36)57(37)63)35-13-9-11-15-53(35)66-55/h8-21,24-31,61-62H,22-23H2,1-7H3. The number of aromatic nitrogens is 1. The third-order valence-corrected chi connectivity index (χ3v) is 17.9. The molecule has 66 heavy (non-hydrogen) atoms. The Labute approximate surface area is 392 Å². The van der Waals surface area contributed by atoms with Gasteiger partial charge in [-0.25, -0.2) is 0 Å². The van der Waals surface area contributed by atoms with E-state index in [-0.39, 0.29) is 16.2 Å². The number of hydrogen-bond donors (Lipinski definition) is 1. The molecular formula is C60H49BN2OS2. The molecule has 14 rings (SSSR count). The molecule has 1 N–H and O–H groups in total. The molecule has 0 saturated carbocycles. The van der Waals surface area contributed by atoms with Crippen molar-refractivity contribution < 1.29 is 4.42 Å². The van der Waals surface area contributed by atoms with Crippen molar-refractivity contribution in [3.8, 4) is 16.8 Å². The highest BCUT2D eigenvalue weighted by molar-refractivity contribution is 7.26. The van der Waals surface area contributed by atoms with Crippen molar-refractivity contribution in [2.75, 3.05) is 5.32 Å². The smallest absolute Gasteiger partial charge is 0.198 e. The van der Waals surface area contributed by atoms with Gasteiger partial charge in [-0.15, -0.1) is 22.7 Å². The molecule has 0 bridgehead atoms. The molecule has 0 unspecified atom stereocenters. The Morgan fingerprint density at radius 1 is 0.561 bits per heavy atom. The maximum absolute atomic E-state index is 6.94. The Bertz CT molecular complexity index is 4090. The largest absolute Gasteiger partial charge is 0.456 e. The van der Waals surface area contributed by atoms with Gasteiger partial charge in [0.2, 0.25) is 0 Å². The van der Waals surface area contributed by atoms with Crippen LogP contribution in [0.2, 0.25) is 0 Å². The SMILES string of the molecule is CC(C)(C)c1ccc(Nc2cc3oc4cc5c(cc4c3cc2-c2ccc3c4cc6c(cc4n4c3c2Bc2cc3c(cc2-4)sc2ccccc23)sc2ccccc26)C(C)(C)CCC5(C)C)cc1. The molecule has 0 fully saturated rings. The summed E-state index contributed by atoms with van der Waals surface area (Å²) in [5, 5.41) is 14.3. The van der Waals surface area contributed by atoms with Crippen molar-refractivity contribution >= 4 is 136 Å². The zero-order valence-corrected chi connectivity index (χ0v) is 40.1. The van der Waals surface area contributed by atoms with Gasteiger partial charge < -0.3 is 14.3 Å². The summed E-state index contributed by atoms with van der Waals surface area (Å²) in [7, 11) is 0.830. The fourth-order valence-electron chi connectivity index (χ4n) is 11.8. The van der Waals surface area contributed by atoms with Crippen molar-refractivity contribution in [2.45, 2.75) is 77.6 Å². The molecule has 6 heteroatoms. The van der Waals surface area contributed by atoms with Gasteiger partial charge in [0.1, 0.15) is 11.2 Å². The molecule has 0 atom stereocenters. The van der Waals surface area contributed by atoms with E-state index in [1.807, 2.05) is 22.7 Å². The first-order valence-corrected chi connectivity index (χ1v) is 25.2. The lowest BCUT2D eigenvalue weighted by molar-refractivity contribution is 0.332. The second kappa shape index (κ2) is 13.2. The molecule has 1 aliphatic heterocycles. The highest BCUT2D eigenvalue weighted by Gasteiger charge is 2.38. The normalized spacial score (nSPS) is 15.4. The molecule has 2 aliphatic rings. The molecular weight excluding hydrogens is 840 g/mol. The molecule has 12 aromatic rings. The number of nitrogens with one attached hydrogen (secondary N) is 1. The number of rotatable bonds is 3. The number of anilines is 2. The first-order chi connectivity index (χ1) is 31.8. The van der Waals surface area contributed by atoms with Gasteiger partial charge in [0.05, 0.1) is 11.2 Å². The third-order valence-electron chi connectivity index (χ3n) is 15.6. The molecule has 5 heterocycles. The fourth-order valence-corrected chi connectivity index (χ4v) is 14.1. The molecule has 8 aromatic carbocycles. The molecule has 0 spiro atoms. The summed E-state index contributed by atoms with van der Waals surface area (Å²) >= 11 is 3.81. The number of fused-ring (bicyclic) bond motifs is 15. The summed E-state index contributed by atoms with van der Waals surface area (Å²) in [6, 6.07) is 51.2. The Morgan fingerprint density at radius 2 is 1.20 bits per heavy atom. The predicted octanol–water partition coefficient (Wildman–Crippen LogP) is 16.2.